The Labute approximate surface area is 697 Å². The molecule has 19 nitrogen and oxygen atoms in total. The van der Waals surface area contributed by atoms with Gasteiger partial charge < -0.3 is 57.3 Å². The van der Waals surface area contributed by atoms with E-state index in [4.69, 9.17) is 111 Å². The summed E-state index contributed by atoms with van der Waals surface area (Å²) in [4.78, 5) is 74.4. The molecule has 8 rings (SSSR count). The zero-order valence-electron chi connectivity index (χ0n) is 61.5. The minimum Gasteiger partial charge on any atom is -0.378 e. The summed E-state index contributed by atoms with van der Waals surface area (Å²) in [6.45, 7) is 36.0. The number of Topliss-reactive ketones (excluding diaryl/α,β-unsaturated/α-hetero) is 1. The first-order valence-electron chi connectivity index (χ1n) is 35.7. The van der Waals surface area contributed by atoms with Gasteiger partial charge in [-0.25, -0.2) is 0 Å². The molecule has 103 heavy (non-hydrogen) atoms. The average Bonchev–Trinajstić information content (AvgIpc) is 0.796. The molecular formula is C76H109Br2Cl3I2O19Y. The van der Waals surface area contributed by atoms with Crippen LogP contribution in [0.1, 0.15) is 198 Å². The Bertz CT molecular complexity index is 2810. The molecule has 1 radical (unpaired) electrons. The predicted molar refractivity (Wildman–Crippen MR) is 412 cm³/mol. The smallest absolute Gasteiger partial charge is 0.373 e. The maximum Gasteiger partial charge on any atom is 0.373 e. The molecule has 8 aliphatic rings. The fourth-order valence-electron chi connectivity index (χ4n) is 13.7. The molecule has 0 aromatic carbocycles. The molecule has 579 valence electrons. The molecule has 0 bridgehead atoms. The van der Waals surface area contributed by atoms with Crippen molar-refractivity contribution >= 4 is 142 Å². The largest absolute Gasteiger partial charge is 0.378 e. The second kappa shape index (κ2) is 54.9. The van der Waals surface area contributed by atoms with Gasteiger partial charge in [0.1, 0.15) is 18.5 Å². The van der Waals surface area contributed by atoms with Crippen molar-refractivity contribution in [1.82, 2.24) is 0 Å². The maximum atomic E-state index is 12.0. The van der Waals surface area contributed by atoms with E-state index >= 15 is 0 Å². The Balaban J connectivity index is 0.000000679. The van der Waals surface area contributed by atoms with E-state index in [1.807, 2.05) is 0 Å². The van der Waals surface area contributed by atoms with Gasteiger partial charge in [-0.15, -0.1) is 34.8 Å². The molecule has 0 saturated carbocycles. The summed E-state index contributed by atoms with van der Waals surface area (Å²) >= 11 is 29.6. The van der Waals surface area contributed by atoms with E-state index < -0.39 is 23.8 Å². The molecule has 0 unspecified atom stereocenters. The van der Waals surface area contributed by atoms with Gasteiger partial charge in [-0.3, -0.25) is 4.79 Å². The number of ketones is 1. The summed E-state index contributed by atoms with van der Waals surface area (Å²) in [5, 5.41) is 10.5. The van der Waals surface area contributed by atoms with E-state index in [2.05, 4.69) is 200 Å². The molecule has 8 heterocycles. The summed E-state index contributed by atoms with van der Waals surface area (Å²) in [6.07, 6.45) is 19.0. The van der Waals surface area contributed by atoms with Crippen molar-refractivity contribution in [3.63, 3.8) is 0 Å². The monoisotopic (exact) mass is 1930 g/mol. The molecule has 0 aromatic heterocycles. The van der Waals surface area contributed by atoms with E-state index in [1.54, 1.807) is 0 Å². The van der Waals surface area contributed by atoms with Crippen LogP contribution in [0, 0.1) is 75.9 Å². The first kappa shape index (κ1) is 100. The topological polar surface area (TPSA) is 249 Å². The first-order chi connectivity index (χ1) is 48.5. The Hall–Kier alpha value is -0.666. The van der Waals surface area contributed by atoms with Crippen molar-refractivity contribution in [1.29, 1.82) is 0 Å². The number of alkyl halides is 3. The molecule has 23 atom stereocenters. The number of aliphatic hydroxyl groups excluding tert-OH is 1. The number of fused-ring (bicyclic) bond motifs is 3. The van der Waals surface area contributed by atoms with Gasteiger partial charge in [0, 0.05) is 90.0 Å². The standard InChI is InChI=1S/C26H40ClIO4.C22H32ClIO4.C13H22O3.C12H15Br2ClO2.3CO2.Y/c1-6-22-8-9-23-25(31-22)20(5)19(4)24(32-23)17(2)10-12-26(29-14-7-15-30-26)13-11-21(27)16-18(3)28;1-5-18-9-11-20-22(27-18)15(4)14(3)21(28-20)19(26)10-8-17(25)7-6-16(23)12-13(2)24;1-4-10-5-6-11-13(15-10)9(3)8(2)12(7-14)16-11;1-10(14)9-11(15)3-4-12(5-6-13)16-7-2-8-17-12;3*2-1-3;/h17,19-25H,3,6-9,11,13-16H2,1-2,4-5H3;14-16,18-22,26H,2,5-7,9,11-12H2,1,3-4H3;7-13H,4-6H2,1-3H3;11H,1-4,7-9H2;;;;/t17-,19-,20+,21+,22-,23-,24-,25+;14-,15+,16+,18-,19-,20-,21+,22+;8-,9+,10-,11-,12-,13+;11-;;;;/m0001..../s1. The minimum absolute atomic E-state index is 0. The summed E-state index contributed by atoms with van der Waals surface area (Å²) in [6, 6.07) is 0. The van der Waals surface area contributed by atoms with Crippen LogP contribution in [0.3, 0.4) is 0 Å². The molecule has 0 amide bonds. The Kier molecular flexibility index (Phi) is 53.5. The molecule has 0 aliphatic carbocycles. The second-order valence-corrected chi connectivity index (χ2v) is 33.6. The number of hydrogen-bond acceptors (Lipinski definition) is 19. The fraction of sp³-hybridized carbons (Fsp3) is 0.776. The summed E-state index contributed by atoms with van der Waals surface area (Å²) < 4.78 is 63.7. The predicted octanol–water partition coefficient (Wildman–Crippen LogP) is 15.7. The minimum atomic E-state index is -0.979. The van der Waals surface area contributed by atoms with Crippen molar-refractivity contribution in [2.24, 2.45) is 41.4 Å². The maximum absolute atomic E-state index is 12.0. The number of hydrogen-bond donors (Lipinski definition) is 1. The van der Waals surface area contributed by atoms with Crippen molar-refractivity contribution in [2.45, 2.75) is 305 Å². The van der Waals surface area contributed by atoms with Crippen LogP contribution >= 0.6 is 112 Å². The zero-order chi connectivity index (χ0) is 76.7. The number of ether oxygens (including phenoxy) is 10. The van der Waals surface area contributed by atoms with Gasteiger partial charge in [0.25, 0.3) is 0 Å². The van der Waals surface area contributed by atoms with Gasteiger partial charge in [0.15, 0.2) is 0 Å². The van der Waals surface area contributed by atoms with Crippen molar-refractivity contribution < 1.29 is 124 Å². The number of allylic oxidation sites excluding steroid dienone is 3. The van der Waals surface area contributed by atoms with Crippen LogP contribution in [0.15, 0.2) is 31.4 Å². The molecule has 8 aliphatic heterocycles. The Morgan fingerprint density at radius 1 is 0.563 bits per heavy atom. The number of halogens is 7. The second-order valence-electron chi connectivity index (χ2n) is 27.2. The van der Waals surface area contributed by atoms with Crippen molar-refractivity contribution in [3.8, 4) is 34.4 Å². The van der Waals surface area contributed by atoms with Crippen molar-refractivity contribution in [3.05, 3.63) is 31.4 Å². The number of aldehydes is 1. The SMILES string of the molecule is C=C(Br)C[C@H](Cl)CCC1(C#CBr)OCCCO1.C=C(I)C[C@H](Cl)CCC(=O)C#C[C@H](O)[C@@H]1O[C@H]2CC[C@H](CC)O[C@@H]2[C@H](C)[C@@H]1C.C=C(I)C[C@H](Cl)CCC1(C#C[C@H](C)[C@@H]2O[C@H]3CC[C@H](CC)O[C@@H]3[C@H](C)[C@@H]2C)OCCCO1.CC[C@H]1CC[C@@H]2O[C@@H](C=O)[C@@H](C)[C@@H](C)[C@H]2O1.O=C=O.O=C=O.O=C=O.[Y]. The number of carbonyl (C=O) groups is 2. The molecule has 8 fully saturated rings. The van der Waals surface area contributed by atoms with E-state index in [0.29, 0.717) is 88.2 Å². The Morgan fingerprint density at radius 3 is 1.32 bits per heavy atom. The fourth-order valence-corrected chi connectivity index (χ4v) is 17.0. The van der Waals surface area contributed by atoms with Crippen LogP contribution in [-0.2, 0) is 118 Å². The Morgan fingerprint density at radius 2 is 0.932 bits per heavy atom. The molecule has 27 heteroatoms. The average molecular weight is 1940 g/mol. The van der Waals surface area contributed by atoms with Gasteiger partial charge in [-0.1, -0.05) is 110 Å². The number of aliphatic hydroxyl groups is 1. The molecule has 8 saturated heterocycles. The third-order valence-corrected chi connectivity index (χ3v) is 22.5. The molecule has 0 aromatic rings. The molecular weight excluding hydrogens is 1830 g/mol. The normalized spacial score (nSPS) is 31.7. The van der Waals surface area contributed by atoms with Crippen LogP contribution in [0.5, 0.6) is 0 Å². The third-order valence-electron chi connectivity index (χ3n) is 20.0. The van der Waals surface area contributed by atoms with Crippen LogP contribution in [0.25, 0.3) is 0 Å². The quantitative estimate of drug-likeness (QED) is 0.0369. The summed E-state index contributed by atoms with van der Waals surface area (Å²) in [5.74, 6) is 15.2. The summed E-state index contributed by atoms with van der Waals surface area (Å²) in [7, 11) is 0. The van der Waals surface area contributed by atoms with Gasteiger partial charge in [0.2, 0.25) is 17.4 Å². The zero-order valence-corrected chi connectivity index (χ0v) is 74.1. The third kappa shape index (κ3) is 36.1. The van der Waals surface area contributed by atoms with E-state index in [-0.39, 0.29) is 152 Å². The van der Waals surface area contributed by atoms with Crippen LogP contribution in [0.4, 0.5) is 0 Å². The van der Waals surface area contributed by atoms with Crippen molar-refractivity contribution in [2.75, 3.05) is 26.4 Å². The van der Waals surface area contributed by atoms with Gasteiger partial charge >= 0.3 is 18.5 Å². The van der Waals surface area contributed by atoms with Gasteiger partial charge in [-0.2, -0.15) is 28.8 Å². The van der Waals surface area contributed by atoms with E-state index in [0.717, 1.165) is 114 Å². The number of rotatable bonds is 21. The van der Waals surface area contributed by atoms with Gasteiger partial charge in [0.05, 0.1) is 93.6 Å². The molecule has 0 spiro atoms. The summed E-state index contributed by atoms with van der Waals surface area (Å²) in [5.41, 5.74) is 0. The molecule has 1 N–H and O–H groups in total. The first-order valence-corrected chi connectivity index (χ1v) is 40.7. The van der Waals surface area contributed by atoms with Gasteiger partial charge in [-0.05, 0) is 231 Å². The van der Waals surface area contributed by atoms with Crippen LogP contribution < -0.4 is 0 Å². The van der Waals surface area contributed by atoms with Crippen LogP contribution in [-0.4, -0.2) is 169 Å². The van der Waals surface area contributed by atoms with Crippen LogP contribution in [0.2, 0.25) is 0 Å². The number of carbonyl (C=O) groups excluding carboxylic acids is 8. The van der Waals surface area contributed by atoms with E-state index in [1.165, 1.54) is 0 Å². The van der Waals surface area contributed by atoms with E-state index in [9.17, 15) is 14.7 Å².